The monoisotopic (exact) mass is 360 g/mol. The lowest BCUT2D eigenvalue weighted by Crippen LogP contribution is -2.18. The van der Waals surface area contributed by atoms with Gasteiger partial charge in [-0.05, 0) is 50.4 Å². The normalized spacial score (nSPS) is 15.3. The van der Waals surface area contributed by atoms with Crippen molar-refractivity contribution >= 4 is 33.3 Å². The van der Waals surface area contributed by atoms with Crippen LogP contribution in [0.2, 0.25) is 0 Å². The molecule has 0 saturated carbocycles. The highest BCUT2D eigenvalue weighted by molar-refractivity contribution is 7.89. The molecule has 130 valence electrons. The van der Waals surface area contributed by atoms with E-state index in [9.17, 15) is 23.4 Å². The Balaban J connectivity index is 2.16. The van der Waals surface area contributed by atoms with Gasteiger partial charge in [-0.2, -0.15) is 0 Å². The zero-order valence-corrected chi connectivity index (χ0v) is 14.3. The first-order valence-electron chi connectivity index (χ1n) is 7.37. The fourth-order valence-corrected chi connectivity index (χ4v) is 3.33. The molecule has 2 aromatic rings. The summed E-state index contributed by atoms with van der Waals surface area (Å²) in [5, 5.41) is 22.4. The Labute approximate surface area is 144 Å². The van der Waals surface area contributed by atoms with Gasteiger partial charge >= 0.3 is 0 Å². The molecule has 1 aliphatic rings. The summed E-state index contributed by atoms with van der Waals surface area (Å²) in [7, 11) is -2.35. The first-order valence-corrected chi connectivity index (χ1v) is 8.85. The van der Waals surface area contributed by atoms with Crippen molar-refractivity contribution in [2.24, 2.45) is 0 Å². The highest BCUT2D eigenvalue weighted by Crippen LogP contribution is 2.37. The Morgan fingerprint density at radius 2 is 1.88 bits per heavy atom. The van der Waals surface area contributed by atoms with Crippen LogP contribution >= 0.6 is 0 Å². The Kier molecular flexibility index (Phi) is 4.02. The highest BCUT2D eigenvalue weighted by atomic mass is 32.2. The summed E-state index contributed by atoms with van der Waals surface area (Å²) in [5.41, 5.74) is 1.77. The van der Waals surface area contributed by atoms with Crippen LogP contribution in [0.15, 0.2) is 35.2 Å². The van der Waals surface area contributed by atoms with Crippen molar-refractivity contribution in [1.29, 1.82) is 0 Å². The largest absolute Gasteiger partial charge is 0.508 e. The number of fused-ring (bicyclic) bond motifs is 1. The molecule has 0 bridgehead atoms. The molecule has 8 heteroatoms. The van der Waals surface area contributed by atoms with Gasteiger partial charge in [0.2, 0.25) is 10.0 Å². The number of aromatic hydroxyl groups is 2. The third-order valence-corrected chi connectivity index (χ3v) is 5.50. The molecule has 25 heavy (non-hydrogen) atoms. The van der Waals surface area contributed by atoms with Crippen molar-refractivity contribution in [2.75, 3.05) is 12.4 Å². The van der Waals surface area contributed by atoms with E-state index >= 15 is 0 Å². The molecular weight excluding hydrogens is 344 g/mol. The van der Waals surface area contributed by atoms with Crippen molar-refractivity contribution in [3.05, 3.63) is 47.0 Å². The average Bonchev–Trinajstić information content (AvgIpc) is 2.90. The second kappa shape index (κ2) is 5.91. The molecule has 0 fully saturated rings. The number of carbonyl (C=O) groups excluding carboxylic acids is 1. The molecule has 0 aromatic heterocycles. The van der Waals surface area contributed by atoms with Crippen LogP contribution in [0.3, 0.4) is 0 Å². The van der Waals surface area contributed by atoms with Crippen LogP contribution in [0, 0.1) is 6.92 Å². The predicted octanol–water partition coefficient (Wildman–Crippen LogP) is 1.81. The summed E-state index contributed by atoms with van der Waals surface area (Å²) in [6, 6.07) is 7.20. The summed E-state index contributed by atoms with van der Waals surface area (Å²) in [5.74, 6) is -0.606. The average molecular weight is 360 g/mol. The van der Waals surface area contributed by atoms with E-state index in [0.717, 1.165) is 0 Å². The minimum atomic E-state index is -3.65. The van der Waals surface area contributed by atoms with Crippen LogP contribution in [-0.4, -0.2) is 31.6 Å². The van der Waals surface area contributed by atoms with Gasteiger partial charge in [-0.1, -0.05) is 0 Å². The summed E-state index contributed by atoms with van der Waals surface area (Å²) in [6.07, 6.45) is 1.46. The molecule has 1 amide bonds. The van der Waals surface area contributed by atoms with Crippen LogP contribution in [0.25, 0.3) is 11.6 Å². The Morgan fingerprint density at radius 1 is 1.16 bits per heavy atom. The van der Waals surface area contributed by atoms with E-state index in [1.165, 1.54) is 43.5 Å². The number of amides is 1. The molecule has 7 nitrogen and oxygen atoms in total. The molecular formula is C17H16N2O5S. The molecule has 1 heterocycles. The van der Waals surface area contributed by atoms with E-state index in [-0.39, 0.29) is 22.0 Å². The number of sulfonamides is 1. The number of nitrogens with one attached hydrogen (secondary N) is 2. The number of rotatable bonds is 3. The van der Waals surface area contributed by atoms with Gasteiger partial charge in [0.05, 0.1) is 4.90 Å². The number of phenols is 2. The number of hydrogen-bond donors (Lipinski definition) is 4. The van der Waals surface area contributed by atoms with E-state index < -0.39 is 15.9 Å². The van der Waals surface area contributed by atoms with Crippen molar-refractivity contribution in [2.45, 2.75) is 11.8 Å². The van der Waals surface area contributed by atoms with Crippen LogP contribution in [-0.2, 0) is 14.8 Å². The topological polar surface area (TPSA) is 116 Å². The molecule has 0 spiro atoms. The number of hydrogen-bond acceptors (Lipinski definition) is 5. The smallest absolute Gasteiger partial charge is 0.256 e. The van der Waals surface area contributed by atoms with Gasteiger partial charge in [-0.25, -0.2) is 13.1 Å². The maximum absolute atomic E-state index is 12.3. The zero-order valence-electron chi connectivity index (χ0n) is 13.5. The lowest BCUT2D eigenvalue weighted by atomic mass is 10.0. The Bertz CT molecular complexity index is 1030. The Morgan fingerprint density at radius 3 is 2.56 bits per heavy atom. The first-order chi connectivity index (χ1) is 11.7. The van der Waals surface area contributed by atoms with Gasteiger partial charge in [0.25, 0.3) is 5.91 Å². The SMILES string of the molecule is CNS(=O)(=O)c1ccc2c(c1)C(=Cc1ccc(O)c(C)c1O)C(=O)N2. The van der Waals surface area contributed by atoms with Crippen LogP contribution in [0.1, 0.15) is 16.7 Å². The third kappa shape index (κ3) is 2.86. The zero-order chi connectivity index (χ0) is 18.4. The fourth-order valence-electron chi connectivity index (χ4n) is 2.58. The van der Waals surface area contributed by atoms with E-state index in [4.69, 9.17) is 0 Å². The van der Waals surface area contributed by atoms with E-state index in [0.29, 0.717) is 22.4 Å². The molecule has 0 atom stereocenters. The second-order valence-electron chi connectivity index (χ2n) is 5.57. The van der Waals surface area contributed by atoms with Gasteiger partial charge in [-0.3, -0.25) is 4.79 Å². The van der Waals surface area contributed by atoms with Crippen molar-refractivity contribution in [3.63, 3.8) is 0 Å². The molecule has 0 aliphatic carbocycles. The molecule has 0 radical (unpaired) electrons. The summed E-state index contributed by atoms with van der Waals surface area (Å²) in [4.78, 5) is 12.3. The van der Waals surface area contributed by atoms with Crippen LogP contribution < -0.4 is 10.0 Å². The summed E-state index contributed by atoms with van der Waals surface area (Å²) < 4.78 is 26.2. The molecule has 1 aliphatic heterocycles. The predicted molar refractivity (Wildman–Crippen MR) is 93.7 cm³/mol. The number of carbonyl (C=O) groups is 1. The lowest BCUT2D eigenvalue weighted by Gasteiger charge is -2.07. The number of phenolic OH excluding ortho intramolecular Hbond substituents is 2. The van der Waals surface area contributed by atoms with Gasteiger partial charge in [0.15, 0.2) is 0 Å². The van der Waals surface area contributed by atoms with E-state index in [1.807, 2.05) is 0 Å². The number of anilines is 1. The maximum Gasteiger partial charge on any atom is 0.256 e. The lowest BCUT2D eigenvalue weighted by molar-refractivity contribution is -0.110. The molecule has 3 rings (SSSR count). The van der Waals surface area contributed by atoms with Gasteiger partial charge in [0.1, 0.15) is 11.5 Å². The molecule has 0 saturated heterocycles. The van der Waals surface area contributed by atoms with Crippen LogP contribution in [0.5, 0.6) is 11.5 Å². The van der Waals surface area contributed by atoms with Crippen LogP contribution in [0.4, 0.5) is 5.69 Å². The quantitative estimate of drug-likeness (QED) is 0.623. The fraction of sp³-hybridized carbons (Fsp3) is 0.118. The van der Waals surface area contributed by atoms with Gasteiger partial charge < -0.3 is 15.5 Å². The van der Waals surface area contributed by atoms with Gasteiger partial charge in [0, 0.05) is 28.0 Å². The van der Waals surface area contributed by atoms with Crippen molar-refractivity contribution in [3.8, 4) is 11.5 Å². The van der Waals surface area contributed by atoms with E-state index in [1.54, 1.807) is 6.92 Å². The highest BCUT2D eigenvalue weighted by Gasteiger charge is 2.26. The third-order valence-electron chi connectivity index (χ3n) is 4.09. The number of benzene rings is 2. The summed E-state index contributed by atoms with van der Waals surface area (Å²) in [6.45, 7) is 1.55. The van der Waals surface area contributed by atoms with E-state index in [2.05, 4.69) is 10.0 Å². The minimum Gasteiger partial charge on any atom is -0.508 e. The standard InChI is InChI=1S/C17H16N2O5S/c1-9-15(20)6-3-10(16(9)21)7-13-12-8-11(25(23,24)18-2)4-5-14(12)19-17(13)22/h3-8,18,20-21H,1-2H3,(H,19,22). The van der Waals surface area contributed by atoms with Crippen molar-refractivity contribution in [1.82, 2.24) is 4.72 Å². The maximum atomic E-state index is 12.3. The minimum absolute atomic E-state index is 0.0299. The second-order valence-corrected chi connectivity index (χ2v) is 7.46. The molecule has 0 unspecified atom stereocenters. The van der Waals surface area contributed by atoms with Gasteiger partial charge in [-0.15, -0.1) is 0 Å². The van der Waals surface area contributed by atoms with Crippen molar-refractivity contribution < 1.29 is 23.4 Å². The first kappa shape index (κ1) is 17.0. The molecule has 4 N–H and O–H groups in total. The Hall–Kier alpha value is -2.84. The molecule has 2 aromatic carbocycles. The summed E-state index contributed by atoms with van der Waals surface area (Å²) >= 11 is 0.